The molecule has 0 aliphatic rings. The lowest BCUT2D eigenvalue weighted by Gasteiger charge is -2.18. The quantitative estimate of drug-likeness (QED) is 0.819. The van der Waals surface area contributed by atoms with Crippen LogP contribution in [-0.4, -0.2) is 16.6 Å². The Labute approximate surface area is 102 Å². The molecule has 88 valence electrons. The molecule has 1 aromatic rings. The molecule has 0 aliphatic carbocycles. The Morgan fingerprint density at radius 1 is 1.50 bits per heavy atom. The van der Waals surface area contributed by atoms with Gasteiger partial charge in [-0.1, -0.05) is 33.0 Å². The summed E-state index contributed by atoms with van der Waals surface area (Å²) in [7, 11) is 0. The molecule has 0 saturated carbocycles. The SMILES string of the molecule is CC(C)(C)CCOc1cnccc1C(N)=S. The van der Waals surface area contributed by atoms with Crippen LogP contribution in [0.25, 0.3) is 0 Å². The highest BCUT2D eigenvalue weighted by molar-refractivity contribution is 7.80. The number of pyridine rings is 1. The van der Waals surface area contributed by atoms with E-state index in [0.717, 1.165) is 12.0 Å². The molecule has 0 spiro atoms. The molecular weight excluding hydrogens is 220 g/mol. The molecule has 0 bridgehead atoms. The highest BCUT2D eigenvalue weighted by Crippen LogP contribution is 2.21. The third-order valence-electron chi connectivity index (χ3n) is 2.16. The maximum Gasteiger partial charge on any atom is 0.147 e. The van der Waals surface area contributed by atoms with E-state index >= 15 is 0 Å². The Balaban J connectivity index is 2.64. The van der Waals surface area contributed by atoms with Crippen molar-refractivity contribution in [2.75, 3.05) is 6.61 Å². The van der Waals surface area contributed by atoms with Crippen LogP contribution < -0.4 is 10.5 Å². The molecule has 0 atom stereocenters. The summed E-state index contributed by atoms with van der Waals surface area (Å²) in [5.41, 5.74) is 6.60. The van der Waals surface area contributed by atoms with E-state index in [4.69, 9.17) is 22.7 Å². The molecule has 0 amide bonds. The second-order valence-electron chi connectivity index (χ2n) is 4.90. The van der Waals surface area contributed by atoms with Gasteiger partial charge in [-0.3, -0.25) is 4.98 Å². The molecule has 1 rings (SSSR count). The van der Waals surface area contributed by atoms with E-state index < -0.39 is 0 Å². The number of nitrogens with zero attached hydrogens (tertiary/aromatic N) is 1. The Hall–Kier alpha value is -1.16. The van der Waals surface area contributed by atoms with Gasteiger partial charge in [0.25, 0.3) is 0 Å². The Morgan fingerprint density at radius 2 is 2.19 bits per heavy atom. The smallest absolute Gasteiger partial charge is 0.147 e. The molecule has 3 nitrogen and oxygen atoms in total. The summed E-state index contributed by atoms with van der Waals surface area (Å²) in [6, 6.07) is 1.77. The van der Waals surface area contributed by atoms with E-state index in [9.17, 15) is 0 Å². The van der Waals surface area contributed by atoms with Gasteiger partial charge in [-0.15, -0.1) is 0 Å². The zero-order valence-corrected chi connectivity index (χ0v) is 10.8. The molecule has 0 saturated heterocycles. The van der Waals surface area contributed by atoms with Crippen LogP contribution in [0.15, 0.2) is 18.5 Å². The highest BCUT2D eigenvalue weighted by Gasteiger charge is 2.11. The number of nitrogens with two attached hydrogens (primary N) is 1. The van der Waals surface area contributed by atoms with E-state index in [-0.39, 0.29) is 5.41 Å². The van der Waals surface area contributed by atoms with Crippen molar-refractivity contribution in [3.8, 4) is 5.75 Å². The summed E-state index contributed by atoms with van der Waals surface area (Å²) >= 11 is 4.94. The monoisotopic (exact) mass is 238 g/mol. The average molecular weight is 238 g/mol. The van der Waals surface area contributed by atoms with E-state index in [1.165, 1.54) is 0 Å². The Bertz CT molecular complexity index is 372. The van der Waals surface area contributed by atoms with E-state index in [1.54, 1.807) is 18.5 Å². The van der Waals surface area contributed by atoms with Crippen molar-refractivity contribution in [2.24, 2.45) is 11.1 Å². The van der Waals surface area contributed by atoms with E-state index in [1.807, 2.05) is 0 Å². The van der Waals surface area contributed by atoms with Crippen LogP contribution >= 0.6 is 12.2 Å². The van der Waals surface area contributed by atoms with E-state index in [2.05, 4.69) is 25.8 Å². The summed E-state index contributed by atoms with van der Waals surface area (Å²) in [4.78, 5) is 4.34. The van der Waals surface area contributed by atoms with Crippen molar-refractivity contribution in [3.63, 3.8) is 0 Å². The number of hydrogen-bond donors (Lipinski definition) is 1. The summed E-state index contributed by atoms with van der Waals surface area (Å²) in [6.45, 7) is 7.17. The molecule has 0 aromatic carbocycles. The third kappa shape index (κ3) is 4.14. The number of aromatic nitrogens is 1. The van der Waals surface area contributed by atoms with Crippen LogP contribution in [0.3, 0.4) is 0 Å². The average Bonchev–Trinajstić information content (AvgIpc) is 2.16. The lowest BCUT2D eigenvalue weighted by atomic mass is 9.93. The van der Waals surface area contributed by atoms with Gasteiger partial charge in [0.2, 0.25) is 0 Å². The van der Waals surface area contributed by atoms with Crippen molar-refractivity contribution < 1.29 is 4.74 Å². The van der Waals surface area contributed by atoms with Crippen molar-refractivity contribution >= 4 is 17.2 Å². The number of ether oxygens (including phenoxy) is 1. The largest absolute Gasteiger partial charge is 0.491 e. The van der Waals surface area contributed by atoms with Crippen molar-refractivity contribution in [3.05, 3.63) is 24.0 Å². The van der Waals surface area contributed by atoms with E-state index in [0.29, 0.717) is 17.3 Å². The van der Waals surface area contributed by atoms with Crippen LogP contribution in [0, 0.1) is 5.41 Å². The molecular formula is C12H18N2OS. The lowest BCUT2D eigenvalue weighted by Crippen LogP contribution is -2.15. The van der Waals surface area contributed by atoms with Gasteiger partial charge in [-0.2, -0.15) is 0 Å². The van der Waals surface area contributed by atoms with Gasteiger partial charge in [0, 0.05) is 6.20 Å². The van der Waals surface area contributed by atoms with Gasteiger partial charge < -0.3 is 10.5 Å². The fourth-order valence-corrected chi connectivity index (χ4v) is 1.33. The fraction of sp³-hybridized carbons (Fsp3) is 0.500. The van der Waals surface area contributed by atoms with Gasteiger partial charge in [0.15, 0.2) is 0 Å². The first-order valence-corrected chi connectivity index (χ1v) is 5.67. The standard InChI is InChI=1S/C12H18N2OS/c1-12(2,3)5-7-15-10-8-14-6-4-9(10)11(13)16/h4,6,8H,5,7H2,1-3H3,(H2,13,16). The zero-order chi connectivity index (χ0) is 12.2. The fourth-order valence-electron chi connectivity index (χ4n) is 1.17. The maximum atomic E-state index is 5.64. The number of rotatable bonds is 4. The van der Waals surface area contributed by atoms with Crippen molar-refractivity contribution in [1.82, 2.24) is 4.98 Å². The highest BCUT2D eigenvalue weighted by atomic mass is 32.1. The van der Waals surface area contributed by atoms with Crippen molar-refractivity contribution in [2.45, 2.75) is 27.2 Å². The first-order chi connectivity index (χ1) is 7.40. The van der Waals surface area contributed by atoms with Crippen LogP contribution in [0.4, 0.5) is 0 Å². The molecule has 4 heteroatoms. The molecule has 1 aromatic heterocycles. The predicted octanol–water partition coefficient (Wildman–Crippen LogP) is 2.53. The van der Waals surface area contributed by atoms with Gasteiger partial charge in [-0.25, -0.2) is 0 Å². The molecule has 1 heterocycles. The van der Waals surface area contributed by atoms with Crippen molar-refractivity contribution in [1.29, 1.82) is 0 Å². The number of hydrogen-bond acceptors (Lipinski definition) is 3. The van der Waals surface area contributed by atoms with Gasteiger partial charge in [0.05, 0.1) is 18.4 Å². The lowest BCUT2D eigenvalue weighted by molar-refractivity contribution is 0.242. The molecule has 0 radical (unpaired) electrons. The molecule has 2 N–H and O–H groups in total. The minimum atomic E-state index is 0.256. The predicted molar refractivity (Wildman–Crippen MR) is 69.7 cm³/mol. The van der Waals surface area contributed by atoms with Gasteiger partial charge in [-0.05, 0) is 17.9 Å². The molecule has 0 aliphatic heterocycles. The zero-order valence-electron chi connectivity index (χ0n) is 9.99. The summed E-state index contributed by atoms with van der Waals surface area (Å²) in [5, 5.41) is 0. The normalized spacial score (nSPS) is 11.2. The summed E-state index contributed by atoms with van der Waals surface area (Å²) in [5.74, 6) is 0.666. The Kier molecular flexibility index (Phi) is 4.24. The summed E-state index contributed by atoms with van der Waals surface area (Å²) < 4.78 is 5.64. The molecule has 0 unspecified atom stereocenters. The second-order valence-corrected chi connectivity index (χ2v) is 5.34. The van der Waals surface area contributed by atoms with Crippen LogP contribution in [-0.2, 0) is 0 Å². The third-order valence-corrected chi connectivity index (χ3v) is 2.38. The van der Waals surface area contributed by atoms with Crippen LogP contribution in [0.5, 0.6) is 5.75 Å². The first kappa shape index (κ1) is 12.9. The number of thiocarbonyl (C=S) groups is 1. The first-order valence-electron chi connectivity index (χ1n) is 5.27. The minimum absolute atomic E-state index is 0.256. The van der Waals surface area contributed by atoms with Crippen LogP contribution in [0.1, 0.15) is 32.8 Å². The second kappa shape index (κ2) is 5.25. The molecule has 16 heavy (non-hydrogen) atoms. The van der Waals surface area contributed by atoms with Gasteiger partial charge in [0.1, 0.15) is 10.7 Å². The molecule has 0 fully saturated rings. The maximum absolute atomic E-state index is 5.64. The topological polar surface area (TPSA) is 48.1 Å². The Morgan fingerprint density at radius 3 is 2.75 bits per heavy atom. The minimum Gasteiger partial charge on any atom is -0.491 e. The van der Waals surface area contributed by atoms with Crippen LogP contribution in [0.2, 0.25) is 0 Å². The summed E-state index contributed by atoms with van der Waals surface area (Å²) in [6.07, 6.45) is 4.28. The van der Waals surface area contributed by atoms with Gasteiger partial charge >= 0.3 is 0 Å².